The van der Waals surface area contributed by atoms with Crippen LogP contribution >= 0.6 is 0 Å². The lowest BCUT2D eigenvalue weighted by Gasteiger charge is -2.26. The normalized spacial score (nSPS) is 12.3. The monoisotopic (exact) mass is 520 g/mol. The van der Waals surface area contributed by atoms with Gasteiger partial charge in [-0.2, -0.15) is 0 Å². The number of hydrogen-bond acceptors (Lipinski definition) is 8. The van der Waals surface area contributed by atoms with Gasteiger partial charge in [-0.1, -0.05) is 30.3 Å². The molecule has 38 heavy (non-hydrogen) atoms. The second-order valence-corrected chi connectivity index (χ2v) is 7.96. The number of anilines is 1. The number of carbonyl (C=O) groups is 3. The van der Waals surface area contributed by atoms with Crippen molar-refractivity contribution in [2.45, 2.75) is 19.1 Å². The zero-order chi connectivity index (χ0) is 27.3. The van der Waals surface area contributed by atoms with Crippen LogP contribution in [0.2, 0.25) is 0 Å². The number of ketones is 1. The van der Waals surface area contributed by atoms with E-state index in [9.17, 15) is 14.4 Å². The summed E-state index contributed by atoms with van der Waals surface area (Å²) in [7, 11) is 0. The van der Waals surface area contributed by atoms with Crippen LogP contribution < -0.4 is 20.3 Å². The first-order chi connectivity index (χ1) is 18.4. The molecule has 10 heteroatoms. The Morgan fingerprint density at radius 3 is 2.21 bits per heavy atom. The number of ether oxygens (including phenoxy) is 3. The predicted octanol–water partition coefficient (Wildman–Crippen LogP) is 4.06. The summed E-state index contributed by atoms with van der Waals surface area (Å²) in [6, 6.07) is 21.6. The van der Waals surface area contributed by atoms with Crippen molar-refractivity contribution in [2.75, 3.05) is 18.5 Å². The van der Waals surface area contributed by atoms with E-state index in [2.05, 4.69) is 5.32 Å². The van der Waals surface area contributed by atoms with Gasteiger partial charge in [0.25, 0.3) is 5.91 Å². The first kappa shape index (κ1) is 27.9. The molecule has 3 aromatic carbocycles. The molecule has 0 saturated carbocycles. The van der Waals surface area contributed by atoms with E-state index in [0.717, 1.165) is 6.08 Å². The quantitative estimate of drug-likeness (QED) is 0.121. The average Bonchev–Trinajstić information content (AvgIpc) is 2.94. The van der Waals surface area contributed by atoms with Crippen LogP contribution in [0, 0.1) is 0 Å². The fraction of sp³-hybridized carbons (Fsp3) is 0.179. The minimum atomic E-state index is -1.05. The van der Waals surface area contributed by atoms with Gasteiger partial charge in [-0.15, -0.1) is 0 Å². The van der Waals surface area contributed by atoms with Crippen LogP contribution in [0.15, 0.2) is 91.0 Å². The Balaban J connectivity index is 1.91. The zero-order valence-corrected chi connectivity index (χ0v) is 20.6. The van der Waals surface area contributed by atoms with Crippen molar-refractivity contribution in [1.29, 1.82) is 0 Å². The van der Waals surface area contributed by atoms with Gasteiger partial charge < -0.3 is 19.3 Å². The maximum absolute atomic E-state index is 12.9. The number of aliphatic hydroxyl groups excluding tert-OH is 1. The molecule has 0 unspecified atom stereocenters. The highest BCUT2D eigenvalue weighted by atomic mass is 16.6. The number of aliphatic hydroxyl groups is 1. The highest BCUT2D eigenvalue weighted by Crippen LogP contribution is 2.29. The highest BCUT2D eigenvalue weighted by molar-refractivity contribution is 5.95. The summed E-state index contributed by atoms with van der Waals surface area (Å²) in [5.74, 6) is 0.0361. The SMILES string of the molecule is CC(=O)c1ccc(NC(=O)O[C@H](c2ccc(OCCO)cc2)[C@@H](/C=C/C(=O)NO)Oc2ccccc2)cc1. The first-order valence-corrected chi connectivity index (χ1v) is 11.7. The molecule has 4 N–H and O–H groups in total. The van der Waals surface area contributed by atoms with Crippen molar-refractivity contribution in [1.82, 2.24) is 5.48 Å². The van der Waals surface area contributed by atoms with Crippen molar-refractivity contribution in [3.05, 3.63) is 102 Å². The van der Waals surface area contributed by atoms with Crippen LogP contribution in [-0.4, -0.2) is 47.4 Å². The molecule has 0 radical (unpaired) electrons. The number of hydroxylamine groups is 1. The van der Waals surface area contributed by atoms with E-state index in [4.69, 9.17) is 24.5 Å². The summed E-state index contributed by atoms with van der Waals surface area (Å²) in [6.07, 6.45) is -0.450. The minimum Gasteiger partial charge on any atom is -0.491 e. The van der Waals surface area contributed by atoms with E-state index < -0.39 is 24.2 Å². The Morgan fingerprint density at radius 2 is 1.61 bits per heavy atom. The predicted molar refractivity (Wildman–Crippen MR) is 138 cm³/mol. The largest absolute Gasteiger partial charge is 0.491 e. The summed E-state index contributed by atoms with van der Waals surface area (Å²) in [5, 5.41) is 20.5. The lowest BCUT2D eigenvalue weighted by atomic mass is 10.0. The summed E-state index contributed by atoms with van der Waals surface area (Å²) in [6.45, 7) is 1.41. The van der Waals surface area contributed by atoms with Gasteiger partial charge in [0, 0.05) is 17.3 Å². The molecule has 0 bridgehead atoms. The second kappa shape index (κ2) is 14.2. The lowest BCUT2D eigenvalue weighted by Crippen LogP contribution is -2.30. The molecular formula is C28H28N2O8. The molecule has 2 amide bonds. The molecule has 0 aliphatic rings. The highest BCUT2D eigenvalue weighted by Gasteiger charge is 2.28. The zero-order valence-electron chi connectivity index (χ0n) is 20.6. The molecule has 2 atom stereocenters. The molecule has 0 spiro atoms. The van der Waals surface area contributed by atoms with Crippen LogP contribution in [0.3, 0.4) is 0 Å². The number of para-hydroxylation sites is 1. The van der Waals surface area contributed by atoms with Crippen molar-refractivity contribution < 1.29 is 38.9 Å². The number of nitrogens with one attached hydrogen (secondary N) is 2. The summed E-state index contributed by atoms with van der Waals surface area (Å²) < 4.78 is 17.2. The van der Waals surface area contributed by atoms with Crippen LogP contribution in [-0.2, 0) is 9.53 Å². The Morgan fingerprint density at radius 1 is 0.921 bits per heavy atom. The second-order valence-electron chi connectivity index (χ2n) is 7.96. The Kier molecular flexibility index (Phi) is 10.4. The van der Waals surface area contributed by atoms with Crippen molar-refractivity contribution in [2.24, 2.45) is 0 Å². The maximum Gasteiger partial charge on any atom is 0.412 e. The minimum absolute atomic E-state index is 0.106. The van der Waals surface area contributed by atoms with Crippen LogP contribution in [0.25, 0.3) is 0 Å². The molecule has 0 fully saturated rings. The first-order valence-electron chi connectivity index (χ1n) is 11.7. The van der Waals surface area contributed by atoms with E-state index in [1.54, 1.807) is 78.9 Å². The summed E-state index contributed by atoms with van der Waals surface area (Å²) >= 11 is 0. The van der Waals surface area contributed by atoms with Crippen molar-refractivity contribution in [3.63, 3.8) is 0 Å². The third-order valence-electron chi connectivity index (χ3n) is 5.20. The molecule has 0 aliphatic heterocycles. The molecule has 0 aliphatic carbocycles. The Labute approximate surface area is 219 Å². The van der Waals surface area contributed by atoms with E-state index in [0.29, 0.717) is 28.3 Å². The number of benzene rings is 3. The molecule has 10 nitrogen and oxygen atoms in total. The lowest BCUT2D eigenvalue weighted by molar-refractivity contribution is -0.124. The van der Waals surface area contributed by atoms with Crippen molar-refractivity contribution in [3.8, 4) is 11.5 Å². The van der Waals surface area contributed by atoms with Crippen LogP contribution in [0.1, 0.15) is 28.9 Å². The van der Waals surface area contributed by atoms with Gasteiger partial charge in [-0.25, -0.2) is 10.3 Å². The summed E-state index contributed by atoms with van der Waals surface area (Å²) in [4.78, 5) is 36.2. The van der Waals surface area contributed by atoms with Crippen molar-refractivity contribution >= 4 is 23.5 Å². The number of amides is 2. The molecule has 0 saturated heterocycles. The van der Waals surface area contributed by atoms with E-state index in [1.165, 1.54) is 18.5 Å². The number of carbonyl (C=O) groups excluding carboxylic acids is 3. The molecule has 198 valence electrons. The molecule has 0 heterocycles. The average molecular weight is 521 g/mol. The van der Waals surface area contributed by atoms with Crippen LogP contribution in [0.5, 0.6) is 11.5 Å². The molecule has 3 rings (SSSR count). The van der Waals surface area contributed by atoms with Crippen LogP contribution in [0.4, 0.5) is 10.5 Å². The van der Waals surface area contributed by atoms with E-state index in [1.807, 2.05) is 0 Å². The maximum atomic E-state index is 12.9. The van der Waals surface area contributed by atoms with Gasteiger partial charge >= 0.3 is 6.09 Å². The smallest absolute Gasteiger partial charge is 0.412 e. The fourth-order valence-electron chi connectivity index (χ4n) is 3.37. The van der Waals surface area contributed by atoms with Gasteiger partial charge in [0.15, 0.2) is 18.0 Å². The standard InChI is InChI=1S/C28H28N2O8/c1-19(32)20-7-11-22(12-8-20)29-28(34)38-27(21-9-13-23(14-10-21)36-18-17-31)25(15-16-26(33)30-35)37-24-5-3-2-4-6-24/h2-16,25,27,31,35H,17-18H2,1H3,(H,29,34)(H,30,33)/b16-15+/t25-,27-/m1/s1. The molecule has 0 aromatic heterocycles. The van der Waals surface area contributed by atoms with Gasteiger partial charge in [0.05, 0.1) is 6.61 Å². The third-order valence-corrected chi connectivity index (χ3v) is 5.20. The third kappa shape index (κ3) is 8.47. The Hall–Kier alpha value is -4.67. The molecule has 3 aromatic rings. The van der Waals surface area contributed by atoms with E-state index >= 15 is 0 Å². The van der Waals surface area contributed by atoms with Gasteiger partial charge in [0.1, 0.15) is 18.1 Å². The van der Waals surface area contributed by atoms with E-state index in [-0.39, 0.29) is 19.0 Å². The number of hydrogen-bond donors (Lipinski definition) is 4. The fourth-order valence-corrected chi connectivity index (χ4v) is 3.37. The van der Waals surface area contributed by atoms with Gasteiger partial charge in [0.2, 0.25) is 0 Å². The molecular weight excluding hydrogens is 492 g/mol. The topological polar surface area (TPSA) is 143 Å². The number of Topliss-reactive ketones (excluding diaryl/α,β-unsaturated/α-hetero) is 1. The van der Waals surface area contributed by atoms with Gasteiger partial charge in [-0.3, -0.25) is 20.1 Å². The number of rotatable bonds is 12. The Bertz CT molecular complexity index is 1230. The van der Waals surface area contributed by atoms with Gasteiger partial charge in [-0.05, 0) is 67.1 Å². The summed E-state index contributed by atoms with van der Waals surface area (Å²) in [5.41, 5.74) is 2.93.